The summed E-state index contributed by atoms with van der Waals surface area (Å²) in [5, 5.41) is 0. The number of amides is 2. The van der Waals surface area contributed by atoms with Gasteiger partial charge in [-0.1, -0.05) is 24.3 Å². The van der Waals surface area contributed by atoms with Crippen molar-refractivity contribution in [3.05, 3.63) is 78.4 Å². The van der Waals surface area contributed by atoms with Crippen LogP contribution in [0.4, 0.5) is 5.69 Å². The lowest BCUT2D eigenvalue weighted by Crippen LogP contribution is -2.45. The van der Waals surface area contributed by atoms with Crippen molar-refractivity contribution >= 4 is 27.5 Å². The molecule has 0 bridgehead atoms. The van der Waals surface area contributed by atoms with Crippen LogP contribution in [-0.4, -0.2) is 44.5 Å². The summed E-state index contributed by atoms with van der Waals surface area (Å²) in [7, 11) is -2.70. The fourth-order valence-corrected chi connectivity index (χ4v) is 5.72. The van der Waals surface area contributed by atoms with Crippen LogP contribution in [0.2, 0.25) is 0 Å². The number of imide groups is 1. The molecule has 1 atom stereocenters. The molecule has 5 rings (SSSR count). The molecule has 0 spiro atoms. The van der Waals surface area contributed by atoms with E-state index in [-0.39, 0.29) is 24.7 Å². The number of methoxy groups -OCH3 is 1. The fraction of sp³-hybridized carbons (Fsp3) is 0.200. The van der Waals surface area contributed by atoms with Crippen LogP contribution in [0.25, 0.3) is 0 Å². The van der Waals surface area contributed by atoms with E-state index in [4.69, 9.17) is 14.2 Å². The summed E-state index contributed by atoms with van der Waals surface area (Å²) >= 11 is 0. The number of hydrogen-bond acceptors (Lipinski definition) is 7. The van der Waals surface area contributed by atoms with Gasteiger partial charge in [0.25, 0.3) is 5.91 Å². The molecule has 1 unspecified atom stereocenters. The minimum atomic E-state index is -4.18. The maximum Gasteiger partial charge on any atom is 0.252 e. The Balaban J connectivity index is 1.54. The molecule has 9 nitrogen and oxygen atoms in total. The lowest BCUT2D eigenvalue weighted by molar-refractivity contribution is -0.122. The topological polar surface area (TPSA) is 102 Å². The van der Waals surface area contributed by atoms with Crippen molar-refractivity contribution in [3.8, 4) is 17.2 Å². The van der Waals surface area contributed by atoms with Gasteiger partial charge in [0.2, 0.25) is 22.7 Å². The van der Waals surface area contributed by atoms with Gasteiger partial charge in [0, 0.05) is 6.54 Å². The van der Waals surface area contributed by atoms with Gasteiger partial charge >= 0.3 is 0 Å². The molecule has 1 saturated heterocycles. The number of rotatable bonds is 7. The fourth-order valence-electron chi connectivity index (χ4n) is 4.15. The van der Waals surface area contributed by atoms with Gasteiger partial charge in [0.15, 0.2) is 11.5 Å². The molecule has 3 aromatic carbocycles. The second-order valence-corrected chi connectivity index (χ2v) is 9.93. The molecule has 2 aliphatic rings. The van der Waals surface area contributed by atoms with Crippen molar-refractivity contribution in [2.75, 3.05) is 18.8 Å². The van der Waals surface area contributed by atoms with E-state index in [1.54, 1.807) is 48.5 Å². The van der Waals surface area contributed by atoms with Gasteiger partial charge in [0.1, 0.15) is 11.8 Å². The van der Waals surface area contributed by atoms with Crippen molar-refractivity contribution in [3.63, 3.8) is 0 Å². The Labute approximate surface area is 202 Å². The first-order chi connectivity index (χ1) is 16.9. The van der Waals surface area contributed by atoms with E-state index in [0.717, 1.165) is 9.21 Å². The van der Waals surface area contributed by atoms with Crippen LogP contribution >= 0.6 is 0 Å². The van der Waals surface area contributed by atoms with Crippen molar-refractivity contribution in [1.29, 1.82) is 0 Å². The Kier molecular flexibility index (Phi) is 5.91. The molecule has 0 saturated carbocycles. The molecule has 2 aliphatic heterocycles. The van der Waals surface area contributed by atoms with Gasteiger partial charge < -0.3 is 14.2 Å². The highest BCUT2D eigenvalue weighted by Gasteiger charge is 2.47. The Morgan fingerprint density at radius 2 is 1.69 bits per heavy atom. The average Bonchev–Trinajstić information content (AvgIpc) is 3.46. The summed E-state index contributed by atoms with van der Waals surface area (Å²) in [6.07, 6.45) is -0.270. The summed E-state index contributed by atoms with van der Waals surface area (Å²) in [6, 6.07) is 18.2. The molecule has 1 fully saturated rings. The molecule has 0 aliphatic carbocycles. The lowest BCUT2D eigenvalue weighted by atomic mass is 10.1. The number of hydrogen-bond donors (Lipinski definition) is 0. The largest absolute Gasteiger partial charge is 0.497 e. The minimum Gasteiger partial charge on any atom is -0.497 e. The molecule has 0 aromatic heterocycles. The van der Waals surface area contributed by atoms with Gasteiger partial charge in [-0.3, -0.25) is 9.59 Å². The van der Waals surface area contributed by atoms with Crippen LogP contribution in [0, 0.1) is 0 Å². The quantitative estimate of drug-likeness (QED) is 0.466. The summed E-state index contributed by atoms with van der Waals surface area (Å²) in [5.74, 6) is 0.476. The standard InChI is InChI=1S/C25H22N2O7S/c1-32-19-8-10-20(11-9-19)35(30,31)26(15-17-7-12-22-23(13-17)34-16-33-22)21-14-24(28)27(25(21)29)18-5-3-2-4-6-18/h2-13,21H,14-16H2,1H3. The second-order valence-electron chi connectivity index (χ2n) is 8.04. The smallest absolute Gasteiger partial charge is 0.252 e. The first-order valence-electron chi connectivity index (χ1n) is 10.8. The van der Waals surface area contributed by atoms with Crippen molar-refractivity contribution in [1.82, 2.24) is 4.31 Å². The van der Waals surface area contributed by atoms with E-state index in [0.29, 0.717) is 28.5 Å². The highest BCUT2D eigenvalue weighted by molar-refractivity contribution is 7.89. The first kappa shape index (κ1) is 22.9. The first-order valence-corrected chi connectivity index (χ1v) is 12.3. The third kappa shape index (κ3) is 4.22. The molecule has 10 heteroatoms. The summed E-state index contributed by atoms with van der Waals surface area (Å²) < 4.78 is 44.6. The number of benzene rings is 3. The van der Waals surface area contributed by atoms with Crippen molar-refractivity contribution in [2.45, 2.75) is 23.9 Å². The molecule has 2 amide bonds. The number of fused-ring (bicyclic) bond motifs is 1. The number of ether oxygens (including phenoxy) is 3. The van der Waals surface area contributed by atoms with Crippen LogP contribution in [0.1, 0.15) is 12.0 Å². The van der Waals surface area contributed by atoms with E-state index >= 15 is 0 Å². The SMILES string of the molecule is COc1ccc(S(=O)(=O)N(Cc2ccc3c(c2)OCO3)C2CC(=O)N(c3ccccc3)C2=O)cc1. The van der Waals surface area contributed by atoms with E-state index < -0.39 is 27.9 Å². The zero-order valence-corrected chi connectivity index (χ0v) is 19.6. The van der Waals surface area contributed by atoms with Crippen LogP contribution in [0.3, 0.4) is 0 Å². The Morgan fingerprint density at radius 1 is 0.971 bits per heavy atom. The van der Waals surface area contributed by atoms with Crippen LogP contribution < -0.4 is 19.1 Å². The summed E-state index contributed by atoms with van der Waals surface area (Å²) in [5.41, 5.74) is 0.986. The number of sulfonamides is 1. The normalized spacial score (nSPS) is 17.3. The maximum atomic E-state index is 13.8. The predicted molar refractivity (Wildman–Crippen MR) is 126 cm³/mol. The van der Waals surface area contributed by atoms with E-state index in [9.17, 15) is 18.0 Å². The molecule has 3 aromatic rings. The van der Waals surface area contributed by atoms with Gasteiger partial charge in [0.05, 0.1) is 24.1 Å². The minimum absolute atomic E-state index is 0.0162. The van der Waals surface area contributed by atoms with Gasteiger partial charge in [-0.2, -0.15) is 4.31 Å². The zero-order chi connectivity index (χ0) is 24.6. The zero-order valence-electron chi connectivity index (χ0n) is 18.8. The molecule has 2 heterocycles. The molecule has 180 valence electrons. The van der Waals surface area contributed by atoms with Crippen molar-refractivity contribution < 1.29 is 32.2 Å². The number of para-hydroxylation sites is 1. The van der Waals surface area contributed by atoms with E-state index in [1.165, 1.54) is 31.4 Å². The van der Waals surface area contributed by atoms with Gasteiger partial charge in [-0.05, 0) is 54.1 Å². The molecule has 0 radical (unpaired) electrons. The molecule has 0 N–H and O–H groups in total. The molecular weight excluding hydrogens is 472 g/mol. The van der Waals surface area contributed by atoms with Gasteiger partial charge in [-0.25, -0.2) is 13.3 Å². The maximum absolute atomic E-state index is 13.8. The monoisotopic (exact) mass is 494 g/mol. The van der Waals surface area contributed by atoms with Gasteiger partial charge in [-0.15, -0.1) is 0 Å². The summed E-state index contributed by atoms with van der Waals surface area (Å²) in [6.45, 7) is -0.0639. The highest BCUT2D eigenvalue weighted by Crippen LogP contribution is 2.35. The third-order valence-corrected chi connectivity index (χ3v) is 7.80. The van der Waals surface area contributed by atoms with Crippen LogP contribution in [0.5, 0.6) is 17.2 Å². The summed E-state index contributed by atoms with van der Waals surface area (Å²) in [4.78, 5) is 27.4. The second kappa shape index (κ2) is 9.05. The number of carbonyl (C=O) groups excluding carboxylic acids is 2. The average molecular weight is 495 g/mol. The predicted octanol–water partition coefficient (Wildman–Crippen LogP) is 2.95. The molecular formula is C25H22N2O7S. The number of nitrogens with zero attached hydrogens (tertiary/aromatic N) is 2. The number of carbonyl (C=O) groups is 2. The highest BCUT2D eigenvalue weighted by atomic mass is 32.2. The Hall–Kier alpha value is -3.89. The van der Waals surface area contributed by atoms with Crippen LogP contribution in [-0.2, 0) is 26.2 Å². The third-order valence-electron chi connectivity index (χ3n) is 5.93. The van der Waals surface area contributed by atoms with E-state index in [1.807, 2.05) is 0 Å². The Bertz CT molecular complexity index is 1370. The van der Waals surface area contributed by atoms with E-state index in [2.05, 4.69) is 0 Å². The number of anilines is 1. The van der Waals surface area contributed by atoms with Crippen molar-refractivity contribution in [2.24, 2.45) is 0 Å². The lowest BCUT2D eigenvalue weighted by Gasteiger charge is -2.27. The van der Waals surface area contributed by atoms with Crippen LogP contribution in [0.15, 0.2) is 77.7 Å². The molecule has 35 heavy (non-hydrogen) atoms. The Morgan fingerprint density at radius 3 is 2.40 bits per heavy atom.